The second-order valence-corrected chi connectivity index (χ2v) is 5.38. The molecule has 0 saturated heterocycles. The molecule has 1 aliphatic rings. The lowest BCUT2D eigenvalue weighted by Crippen LogP contribution is -2.41. The highest BCUT2D eigenvalue weighted by Crippen LogP contribution is 2.25. The van der Waals surface area contributed by atoms with E-state index in [4.69, 9.17) is 0 Å². The molecule has 4 nitrogen and oxygen atoms in total. The SMILES string of the molecule is CC(C)c1ccc2c(c1)C(=O)N(C)C(C(=O)O)CC2. The topological polar surface area (TPSA) is 57.6 Å². The fourth-order valence-electron chi connectivity index (χ4n) is 2.48. The van der Waals surface area contributed by atoms with Crippen LogP contribution < -0.4 is 0 Å². The molecule has 0 aromatic heterocycles. The van der Waals surface area contributed by atoms with Crippen LogP contribution >= 0.6 is 0 Å². The number of fused-ring (bicyclic) bond motifs is 1. The summed E-state index contributed by atoms with van der Waals surface area (Å²) in [6.45, 7) is 4.15. The summed E-state index contributed by atoms with van der Waals surface area (Å²) < 4.78 is 0. The van der Waals surface area contributed by atoms with Crippen LogP contribution in [0.25, 0.3) is 0 Å². The first-order valence-electron chi connectivity index (χ1n) is 6.54. The highest BCUT2D eigenvalue weighted by Gasteiger charge is 2.31. The van der Waals surface area contributed by atoms with Gasteiger partial charge in [0, 0.05) is 12.6 Å². The van der Waals surface area contributed by atoms with Crippen LogP contribution in [0.15, 0.2) is 18.2 Å². The molecule has 1 N–H and O–H groups in total. The van der Waals surface area contributed by atoms with Crippen molar-refractivity contribution in [3.8, 4) is 0 Å². The minimum absolute atomic E-state index is 0.192. The molecule has 0 fully saturated rings. The van der Waals surface area contributed by atoms with E-state index < -0.39 is 12.0 Å². The molecule has 1 aromatic carbocycles. The lowest BCUT2D eigenvalue weighted by molar-refractivity contribution is -0.142. The maximum absolute atomic E-state index is 12.4. The molecule has 19 heavy (non-hydrogen) atoms. The van der Waals surface area contributed by atoms with Gasteiger partial charge in [0.15, 0.2) is 0 Å². The molecule has 0 spiro atoms. The first kappa shape index (κ1) is 13.6. The Bertz CT molecular complexity index is 522. The van der Waals surface area contributed by atoms with Gasteiger partial charge in [-0.25, -0.2) is 4.79 Å². The third kappa shape index (κ3) is 2.48. The molecule has 0 bridgehead atoms. The monoisotopic (exact) mass is 261 g/mol. The minimum atomic E-state index is -0.937. The zero-order chi connectivity index (χ0) is 14.2. The molecule has 1 unspecified atom stereocenters. The highest BCUT2D eigenvalue weighted by molar-refractivity contribution is 5.98. The summed E-state index contributed by atoms with van der Waals surface area (Å²) in [7, 11) is 1.57. The minimum Gasteiger partial charge on any atom is -0.480 e. The van der Waals surface area contributed by atoms with Crippen LogP contribution in [0.3, 0.4) is 0 Å². The fourth-order valence-corrected chi connectivity index (χ4v) is 2.48. The lowest BCUT2D eigenvalue weighted by Gasteiger charge is -2.22. The van der Waals surface area contributed by atoms with Crippen molar-refractivity contribution in [2.75, 3.05) is 7.05 Å². The highest BCUT2D eigenvalue weighted by atomic mass is 16.4. The van der Waals surface area contributed by atoms with Gasteiger partial charge in [0.25, 0.3) is 5.91 Å². The molecular formula is C15H19NO3. The predicted molar refractivity (Wildman–Crippen MR) is 72.4 cm³/mol. The average Bonchev–Trinajstić information content (AvgIpc) is 2.48. The first-order valence-corrected chi connectivity index (χ1v) is 6.54. The Morgan fingerprint density at radius 3 is 2.68 bits per heavy atom. The Morgan fingerprint density at radius 1 is 1.42 bits per heavy atom. The Labute approximate surface area is 113 Å². The number of aliphatic carboxylic acids is 1. The number of amides is 1. The Hall–Kier alpha value is -1.84. The van der Waals surface area contributed by atoms with Crippen molar-refractivity contribution in [2.24, 2.45) is 0 Å². The van der Waals surface area contributed by atoms with E-state index in [-0.39, 0.29) is 5.91 Å². The van der Waals surface area contributed by atoms with E-state index >= 15 is 0 Å². The summed E-state index contributed by atoms with van der Waals surface area (Å²) in [5.74, 6) is -0.780. The molecule has 0 radical (unpaired) electrons. The summed E-state index contributed by atoms with van der Waals surface area (Å²) in [6.07, 6.45) is 1.09. The van der Waals surface area contributed by atoms with Gasteiger partial charge in [0.05, 0.1) is 0 Å². The Morgan fingerprint density at radius 2 is 2.11 bits per heavy atom. The largest absolute Gasteiger partial charge is 0.480 e. The molecule has 1 atom stereocenters. The summed E-state index contributed by atoms with van der Waals surface area (Å²) in [4.78, 5) is 24.9. The predicted octanol–water partition coefficient (Wildman–Crippen LogP) is 2.28. The maximum atomic E-state index is 12.4. The smallest absolute Gasteiger partial charge is 0.326 e. The zero-order valence-corrected chi connectivity index (χ0v) is 11.5. The molecule has 0 saturated carbocycles. The number of likely N-dealkylation sites (N-methyl/N-ethyl adjacent to an activating group) is 1. The van der Waals surface area contributed by atoms with Gasteiger partial charge < -0.3 is 10.0 Å². The van der Waals surface area contributed by atoms with Gasteiger partial charge in [0.1, 0.15) is 6.04 Å². The van der Waals surface area contributed by atoms with Crippen molar-refractivity contribution < 1.29 is 14.7 Å². The van der Waals surface area contributed by atoms with E-state index in [1.54, 1.807) is 7.05 Å². The molecule has 1 heterocycles. The summed E-state index contributed by atoms with van der Waals surface area (Å²) >= 11 is 0. The quantitative estimate of drug-likeness (QED) is 0.888. The van der Waals surface area contributed by atoms with Crippen molar-refractivity contribution >= 4 is 11.9 Å². The number of carboxylic acid groups (broad SMARTS) is 1. The van der Waals surface area contributed by atoms with E-state index in [0.717, 1.165) is 11.1 Å². The number of nitrogens with zero attached hydrogens (tertiary/aromatic N) is 1. The van der Waals surface area contributed by atoms with Crippen molar-refractivity contribution in [3.63, 3.8) is 0 Å². The summed E-state index contributed by atoms with van der Waals surface area (Å²) in [5.41, 5.74) is 2.71. The van der Waals surface area contributed by atoms with Crippen molar-refractivity contribution in [2.45, 2.75) is 38.6 Å². The normalized spacial score (nSPS) is 19.3. The number of carboxylic acids is 1. The van der Waals surface area contributed by atoms with Gasteiger partial charge in [-0.3, -0.25) is 4.79 Å². The van der Waals surface area contributed by atoms with Crippen LogP contribution in [0.4, 0.5) is 0 Å². The number of hydrogen-bond donors (Lipinski definition) is 1. The molecule has 0 aliphatic carbocycles. The standard InChI is InChI=1S/C15H19NO3/c1-9(2)11-5-4-10-6-7-13(15(18)19)16(3)14(17)12(10)8-11/h4-5,8-9,13H,6-7H2,1-3H3,(H,18,19). The van der Waals surface area contributed by atoms with Crippen LogP contribution in [0, 0.1) is 0 Å². The number of carbonyl (C=O) groups excluding carboxylic acids is 1. The van der Waals surface area contributed by atoms with Gasteiger partial charge in [-0.05, 0) is 36.0 Å². The van der Waals surface area contributed by atoms with Crippen LogP contribution in [-0.4, -0.2) is 35.0 Å². The number of benzene rings is 1. The van der Waals surface area contributed by atoms with Gasteiger partial charge in [-0.1, -0.05) is 26.0 Å². The molecule has 1 amide bonds. The van der Waals surface area contributed by atoms with E-state index in [1.165, 1.54) is 4.90 Å². The number of carbonyl (C=O) groups is 2. The molecule has 102 valence electrons. The second-order valence-electron chi connectivity index (χ2n) is 5.38. The van der Waals surface area contributed by atoms with Crippen LogP contribution in [0.1, 0.15) is 47.7 Å². The average molecular weight is 261 g/mol. The van der Waals surface area contributed by atoms with Crippen molar-refractivity contribution in [1.82, 2.24) is 4.90 Å². The molecule has 1 aliphatic heterocycles. The summed E-state index contributed by atoms with van der Waals surface area (Å²) in [5, 5.41) is 9.18. The zero-order valence-electron chi connectivity index (χ0n) is 11.5. The third-order valence-corrected chi connectivity index (χ3v) is 3.79. The van der Waals surface area contributed by atoms with Gasteiger partial charge in [-0.15, -0.1) is 0 Å². The van der Waals surface area contributed by atoms with Gasteiger partial charge in [-0.2, -0.15) is 0 Å². The third-order valence-electron chi connectivity index (χ3n) is 3.79. The first-order chi connectivity index (χ1) is 8.91. The fraction of sp³-hybridized carbons (Fsp3) is 0.467. The van der Waals surface area contributed by atoms with E-state index in [0.29, 0.717) is 24.3 Å². The number of aryl methyl sites for hydroxylation is 1. The Kier molecular flexibility index (Phi) is 3.60. The molecular weight excluding hydrogens is 242 g/mol. The van der Waals surface area contributed by atoms with Crippen molar-refractivity contribution in [1.29, 1.82) is 0 Å². The van der Waals surface area contributed by atoms with Crippen LogP contribution in [-0.2, 0) is 11.2 Å². The molecule has 1 aromatic rings. The van der Waals surface area contributed by atoms with Crippen LogP contribution in [0.2, 0.25) is 0 Å². The molecule has 4 heteroatoms. The van der Waals surface area contributed by atoms with Gasteiger partial charge >= 0.3 is 5.97 Å². The van der Waals surface area contributed by atoms with E-state index in [9.17, 15) is 14.7 Å². The maximum Gasteiger partial charge on any atom is 0.326 e. The van der Waals surface area contributed by atoms with Crippen LogP contribution in [0.5, 0.6) is 0 Å². The van der Waals surface area contributed by atoms with E-state index in [1.807, 2.05) is 18.2 Å². The Balaban J connectivity index is 2.44. The van der Waals surface area contributed by atoms with Gasteiger partial charge in [0.2, 0.25) is 0 Å². The second kappa shape index (κ2) is 5.03. The number of hydrogen-bond acceptors (Lipinski definition) is 2. The lowest BCUT2D eigenvalue weighted by atomic mass is 9.95. The number of rotatable bonds is 2. The summed E-state index contributed by atoms with van der Waals surface area (Å²) in [6, 6.07) is 5.16. The van der Waals surface area contributed by atoms with Crippen molar-refractivity contribution in [3.05, 3.63) is 34.9 Å². The van der Waals surface area contributed by atoms with E-state index in [2.05, 4.69) is 13.8 Å². The molecule has 2 rings (SSSR count).